The molecule has 0 bridgehead atoms. The molecular weight excluding hydrogens is 258 g/mol. The van der Waals surface area contributed by atoms with Crippen molar-refractivity contribution in [3.63, 3.8) is 0 Å². The maximum Gasteiger partial charge on any atom is 0.363 e. The van der Waals surface area contributed by atoms with Gasteiger partial charge < -0.3 is 4.74 Å². The number of carbonyl (C=O) groups excluding carboxylic acids is 1. The van der Waals surface area contributed by atoms with Gasteiger partial charge >= 0.3 is 5.97 Å². The van der Waals surface area contributed by atoms with Gasteiger partial charge in [0.25, 0.3) is 3.79 Å². The van der Waals surface area contributed by atoms with E-state index in [0.717, 1.165) is 0 Å². The van der Waals surface area contributed by atoms with Gasteiger partial charge in [0.2, 0.25) is 0 Å². The van der Waals surface area contributed by atoms with Gasteiger partial charge in [0.05, 0.1) is 0 Å². The van der Waals surface area contributed by atoms with Crippen molar-refractivity contribution in [2.75, 3.05) is 0 Å². The van der Waals surface area contributed by atoms with Gasteiger partial charge in [-0.15, -0.1) is 0 Å². The Labute approximate surface area is 102 Å². The molecule has 1 rings (SSSR count). The van der Waals surface area contributed by atoms with Crippen molar-refractivity contribution in [1.29, 1.82) is 0 Å². The Bertz CT molecular complexity index is 368. The van der Waals surface area contributed by atoms with Crippen molar-refractivity contribution in [3.8, 4) is 0 Å². The molecule has 0 radical (unpaired) electrons. The van der Waals surface area contributed by atoms with Gasteiger partial charge in [0.15, 0.2) is 0 Å². The van der Waals surface area contributed by atoms with Crippen LogP contribution in [0.15, 0.2) is 36.9 Å². The van der Waals surface area contributed by atoms with Crippen LogP contribution in [0.1, 0.15) is 5.56 Å². The molecule has 0 aliphatic rings. The Balaban J connectivity index is 2.70. The lowest BCUT2D eigenvalue weighted by Gasteiger charge is -2.11. The molecule has 0 aromatic heterocycles. The number of hydrogen-bond acceptors (Lipinski definition) is 2. The number of carbonyl (C=O) groups is 1. The Morgan fingerprint density at radius 3 is 2.20 bits per heavy atom. The third kappa shape index (κ3) is 3.74. The van der Waals surface area contributed by atoms with Crippen molar-refractivity contribution in [2.45, 2.75) is 3.79 Å². The quantitative estimate of drug-likeness (QED) is 0.464. The largest absolute Gasteiger partial charge is 0.423 e. The Hall–Kier alpha value is -0.700. The lowest BCUT2D eigenvalue weighted by atomic mass is 10.2. The predicted molar refractivity (Wildman–Crippen MR) is 61.9 cm³/mol. The molecule has 0 unspecified atom stereocenters. The molecule has 0 N–H and O–H groups in total. The number of ether oxygens (including phenoxy) is 1. The van der Waals surface area contributed by atoms with Gasteiger partial charge in [-0.1, -0.05) is 71.7 Å². The number of esters is 1. The lowest BCUT2D eigenvalue weighted by molar-refractivity contribution is -0.135. The van der Waals surface area contributed by atoms with Crippen LogP contribution in [0.2, 0.25) is 0 Å². The summed E-state index contributed by atoms with van der Waals surface area (Å²) in [5, 5.41) is 0. The molecule has 0 amide bonds. The average Bonchev–Trinajstić information content (AvgIpc) is 2.17. The minimum atomic E-state index is -2.09. The van der Waals surface area contributed by atoms with Crippen LogP contribution in [0.5, 0.6) is 0 Å². The van der Waals surface area contributed by atoms with E-state index in [1.165, 1.54) is 0 Å². The topological polar surface area (TPSA) is 26.3 Å². The summed E-state index contributed by atoms with van der Waals surface area (Å²) in [4.78, 5) is 11.2. The highest BCUT2D eigenvalue weighted by Gasteiger charge is 2.33. The summed E-state index contributed by atoms with van der Waals surface area (Å²) in [5.74, 6) is -0.826. The zero-order valence-electron chi connectivity index (χ0n) is 7.54. The highest BCUT2D eigenvalue weighted by molar-refractivity contribution is 6.75. The smallest absolute Gasteiger partial charge is 0.363 e. The Morgan fingerprint density at radius 2 is 1.73 bits per heavy atom. The summed E-state index contributed by atoms with van der Waals surface area (Å²) >= 11 is 16.0. The van der Waals surface area contributed by atoms with Crippen LogP contribution < -0.4 is 0 Å². The normalized spacial score (nSPS) is 10.9. The molecule has 0 saturated carbocycles. The van der Waals surface area contributed by atoms with Crippen LogP contribution in [-0.2, 0) is 9.53 Å². The lowest BCUT2D eigenvalue weighted by Crippen LogP contribution is -2.21. The molecule has 0 aliphatic carbocycles. The molecule has 0 fully saturated rings. The maximum absolute atomic E-state index is 11.2. The van der Waals surface area contributed by atoms with E-state index in [-0.39, 0.29) is 5.76 Å². The van der Waals surface area contributed by atoms with Crippen molar-refractivity contribution in [3.05, 3.63) is 42.5 Å². The summed E-state index contributed by atoms with van der Waals surface area (Å²) < 4.78 is 2.69. The van der Waals surface area contributed by atoms with E-state index in [9.17, 15) is 4.79 Å². The number of hydrogen-bond donors (Lipinski definition) is 0. The van der Waals surface area contributed by atoms with Gasteiger partial charge in [0.1, 0.15) is 5.76 Å². The monoisotopic (exact) mass is 264 g/mol. The number of rotatable bonds is 2. The predicted octanol–water partition coefficient (Wildman–Crippen LogP) is 3.57. The van der Waals surface area contributed by atoms with Gasteiger partial charge in [-0.25, -0.2) is 4.79 Å². The average molecular weight is 266 g/mol. The van der Waals surface area contributed by atoms with Crippen LogP contribution >= 0.6 is 34.8 Å². The Kier molecular flexibility index (Phi) is 4.03. The van der Waals surface area contributed by atoms with E-state index in [0.29, 0.717) is 5.56 Å². The van der Waals surface area contributed by atoms with E-state index in [2.05, 4.69) is 6.58 Å². The highest BCUT2D eigenvalue weighted by Crippen LogP contribution is 2.29. The van der Waals surface area contributed by atoms with Gasteiger partial charge in [-0.05, 0) is 0 Å². The highest BCUT2D eigenvalue weighted by atomic mass is 35.6. The first-order chi connectivity index (χ1) is 6.91. The molecule has 1 aromatic carbocycles. The molecule has 0 heterocycles. The molecule has 1 aromatic rings. The second-order valence-electron chi connectivity index (χ2n) is 2.68. The number of benzene rings is 1. The van der Waals surface area contributed by atoms with Crippen LogP contribution in [0.4, 0.5) is 0 Å². The molecule has 0 spiro atoms. The number of halogens is 3. The third-order valence-electron chi connectivity index (χ3n) is 1.54. The summed E-state index contributed by atoms with van der Waals surface area (Å²) in [6.07, 6.45) is 0. The van der Waals surface area contributed by atoms with Gasteiger partial charge in [0, 0.05) is 5.56 Å². The fourth-order valence-corrected chi connectivity index (χ4v) is 0.968. The molecule has 80 valence electrons. The van der Waals surface area contributed by atoms with Crippen LogP contribution in [-0.4, -0.2) is 9.76 Å². The first-order valence-electron chi connectivity index (χ1n) is 3.94. The van der Waals surface area contributed by atoms with E-state index in [4.69, 9.17) is 39.5 Å². The standard InChI is InChI=1S/C10H7Cl3O2/c1-7(8-5-3-2-4-6-8)15-9(14)10(11,12)13/h2-6H,1H2. The van der Waals surface area contributed by atoms with Crippen LogP contribution in [0.25, 0.3) is 5.76 Å². The molecular formula is C10H7Cl3O2. The minimum Gasteiger partial charge on any atom is -0.423 e. The van der Waals surface area contributed by atoms with E-state index >= 15 is 0 Å². The third-order valence-corrected chi connectivity index (χ3v) is 2.01. The van der Waals surface area contributed by atoms with Gasteiger partial charge in [-0.3, -0.25) is 0 Å². The van der Waals surface area contributed by atoms with E-state index < -0.39 is 9.76 Å². The molecule has 15 heavy (non-hydrogen) atoms. The molecule has 2 nitrogen and oxygen atoms in total. The van der Waals surface area contributed by atoms with Crippen molar-refractivity contribution >= 4 is 46.5 Å². The van der Waals surface area contributed by atoms with Crippen LogP contribution in [0, 0.1) is 0 Å². The summed E-state index contributed by atoms with van der Waals surface area (Å²) in [7, 11) is 0. The van der Waals surface area contributed by atoms with Gasteiger partial charge in [-0.2, -0.15) is 0 Å². The molecule has 0 saturated heterocycles. The maximum atomic E-state index is 11.2. The fourth-order valence-electron chi connectivity index (χ4n) is 0.853. The zero-order chi connectivity index (χ0) is 11.5. The van der Waals surface area contributed by atoms with Crippen molar-refractivity contribution in [1.82, 2.24) is 0 Å². The SMILES string of the molecule is C=C(OC(=O)C(Cl)(Cl)Cl)c1ccccc1. The fraction of sp³-hybridized carbons (Fsp3) is 0.100. The van der Waals surface area contributed by atoms with Crippen molar-refractivity contribution in [2.24, 2.45) is 0 Å². The summed E-state index contributed by atoms with van der Waals surface area (Å²) in [5.41, 5.74) is 0.653. The van der Waals surface area contributed by atoms with Crippen LogP contribution in [0.3, 0.4) is 0 Å². The first kappa shape index (κ1) is 12.4. The number of alkyl halides is 3. The zero-order valence-corrected chi connectivity index (χ0v) is 9.81. The molecule has 0 atom stereocenters. The van der Waals surface area contributed by atoms with E-state index in [1.54, 1.807) is 24.3 Å². The minimum absolute atomic E-state index is 0.145. The second kappa shape index (κ2) is 4.88. The van der Waals surface area contributed by atoms with E-state index in [1.807, 2.05) is 6.07 Å². The first-order valence-corrected chi connectivity index (χ1v) is 5.08. The Morgan fingerprint density at radius 1 is 1.20 bits per heavy atom. The second-order valence-corrected chi connectivity index (χ2v) is 4.96. The molecule has 5 heteroatoms. The summed E-state index contributed by atoms with van der Waals surface area (Å²) in [6, 6.07) is 8.85. The van der Waals surface area contributed by atoms with Crippen molar-refractivity contribution < 1.29 is 9.53 Å². The molecule has 0 aliphatic heterocycles. The summed E-state index contributed by atoms with van der Waals surface area (Å²) in [6.45, 7) is 3.56.